The van der Waals surface area contributed by atoms with Crippen LogP contribution >= 0.6 is 21.0 Å². The first-order valence-electron chi connectivity index (χ1n) is 7.78. The fourth-order valence-corrected chi connectivity index (χ4v) is 4.52. The summed E-state index contributed by atoms with van der Waals surface area (Å²) in [5.41, 5.74) is 3.94. The highest BCUT2D eigenvalue weighted by molar-refractivity contribution is 7.40. The first-order valence-corrected chi connectivity index (χ1v) is 8.99. The van der Waals surface area contributed by atoms with Gasteiger partial charge in [0.1, 0.15) is 0 Å². The summed E-state index contributed by atoms with van der Waals surface area (Å²) in [4.78, 5) is 0. The van der Waals surface area contributed by atoms with E-state index in [0.29, 0.717) is 8.58 Å². The Hall–Kier alpha value is -1.66. The largest absolute Gasteiger partial charge is 0.380 e. The zero-order valence-electron chi connectivity index (χ0n) is 13.7. The van der Waals surface area contributed by atoms with Crippen molar-refractivity contribution in [3.05, 3.63) is 108 Å². The van der Waals surface area contributed by atoms with Crippen molar-refractivity contribution in [1.29, 1.82) is 0 Å². The van der Waals surface area contributed by atoms with Crippen molar-refractivity contribution in [1.82, 2.24) is 0 Å². The van der Waals surface area contributed by atoms with E-state index in [0.717, 1.165) is 6.35 Å². The molecule has 24 heavy (non-hydrogen) atoms. The lowest BCUT2D eigenvalue weighted by Crippen LogP contribution is -2.24. The van der Waals surface area contributed by atoms with E-state index in [-0.39, 0.29) is 17.6 Å². The number of halogens is 1. The van der Waals surface area contributed by atoms with Gasteiger partial charge in [-0.3, -0.25) is 0 Å². The lowest BCUT2D eigenvalue weighted by atomic mass is 9.84. The molecule has 3 aromatic carbocycles. The van der Waals surface area contributed by atoms with Gasteiger partial charge >= 0.3 is 0 Å². The van der Waals surface area contributed by atoms with Gasteiger partial charge < -0.3 is 4.74 Å². The van der Waals surface area contributed by atoms with Crippen LogP contribution in [0.15, 0.2) is 91.0 Å². The van der Waals surface area contributed by atoms with Crippen molar-refractivity contribution in [2.24, 2.45) is 0 Å². The van der Waals surface area contributed by atoms with Crippen molar-refractivity contribution in [3.63, 3.8) is 0 Å². The predicted molar refractivity (Wildman–Crippen MR) is 107 cm³/mol. The third kappa shape index (κ3) is 3.70. The number of hydrogen-bond donors (Lipinski definition) is 0. The summed E-state index contributed by atoms with van der Waals surface area (Å²) in [7, 11) is 2.38. The fraction of sp³-hybridized carbons (Fsp3) is 0.143. The second kappa shape index (κ2) is 8.99. The summed E-state index contributed by atoms with van der Waals surface area (Å²) >= 11 is 0. The van der Waals surface area contributed by atoms with E-state index in [1.807, 2.05) is 0 Å². The summed E-state index contributed by atoms with van der Waals surface area (Å²) in [6, 6.07) is 32.3. The third-order valence-electron chi connectivity index (χ3n) is 4.10. The minimum absolute atomic E-state index is 0. The zero-order chi connectivity index (χ0) is 16.0. The smallest absolute Gasteiger partial charge is 0.0642 e. The van der Waals surface area contributed by atoms with E-state index in [9.17, 15) is 0 Å². The van der Waals surface area contributed by atoms with Gasteiger partial charge in [0, 0.05) is 7.11 Å². The molecule has 0 aliphatic carbocycles. The van der Waals surface area contributed by atoms with Crippen LogP contribution in [-0.4, -0.2) is 13.5 Å². The summed E-state index contributed by atoms with van der Waals surface area (Å²) in [6.07, 6.45) is 0.735. The van der Waals surface area contributed by atoms with Gasteiger partial charge in [0.25, 0.3) is 0 Å². The van der Waals surface area contributed by atoms with Gasteiger partial charge in [0.2, 0.25) is 0 Å². The molecule has 0 radical (unpaired) electrons. The SMILES string of the molecule is COCPC(c1ccccc1)(c1ccccc1)c1ccccc1.Cl. The predicted octanol–water partition coefficient (Wildman–Crippen LogP) is 5.68. The molecule has 0 bridgehead atoms. The molecule has 0 heterocycles. The molecule has 3 heteroatoms. The highest BCUT2D eigenvalue weighted by Gasteiger charge is 2.35. The van der Waals surface area contributed by atoms with E-state index in [1.54, 1.807) is 7.11 Å². The summed E-state index contributed by atoms with van der Waals surface area (Å²) in [6.45, 7) is 0. The number of methoxy groups -OCH3 is 1. The molecule has 0 aliphatic rings. The van der Waals surface area contributed by atoms with Crippen LogP contribution in [-0.2, 0) is 9.89 Å². The monoisotopic (exact) mass is 356 g/mol. The molecule has 0 saturated heterocycles. The maximum Gasteiger partial charge on any atom is 0.0642 e. The molecule has 0 saturated carbocycles. The van der Waals surface area contributed by atoms with Gasteiger partial charge in [-0.05, 0) is 16.7 Å². The molecule has 1 atom stereocenters. The number of hydrogen-bond acceptors (Lipinski definition) is 1. The van der Waals surface area contributed by atoms with Crippen LogP contribution < -0.4 is 0 Å². The van der Waals surface area contributed by atoms with Crippen molar-refractivity contribution in [2.45, 2.75) is 5.16 Å². The summed E-state index contributed by atoms with van der Waals surface area (Å²) in [5, 5.41) is -0.167. The maximum atomic E-state index is 5.47. The second-order valence-electron chi connectivity index (χ2n) is 5.46. The molecule has 0 aromatic heterocycles. The van der Waals surface area contributed by atoms with Crippen molar-refractivity contribution >= 4 is 21.0 Å². The standard InChI is InChI=1S/C21H21OP.ClH/c1-22-17-23-21(18-11-5-2-6-12-18,19-13-7-3-8-14-19)20-15-9-4-10-16-20;/h2-16,23H,17H2,1H3;1H. The van der Waals surface area contributed by atoms with Crippen molar-refractivity contribution in [3.8, 4) is 0 Å². The highest BCUT2D eigenvalue weighted by Crippen LogP contribution is 2.52. The second-order valence-corrected chi connectivity index (χ2v) is 6.85. The van der Waals surface area contributed by atoms with Crippen molar-refractivity contribution in [2.75, 3.05) is 13.5 Å². The quantitative estimate of drug-likeness (QED) is 0.407. The Bertz CT molecular complexity index is 620. The minimum Gasteiger partial charge on any atom is -0.380 e. The number of ether oxygens (including phenoxy) is 1. The molecule has 3 rings (SSSR count). The molecule has 0 N–H and O–H groups in total. The molecule has 1 nitrogen and oxygen atoms in total. The Kier molecular flexibility index (Phi) is 6.99. The lowest BCUT2D eigenvalue weighted by molar-refractivity contribution is 0.255. The normalized spacial score (nSPS) is 11.4. The topological polar surface area (TPSA) is 9.23 Å². The molecule has 124 valence electrons. The Labute approximate surface area is 152 Å². The molecule has 0 fully saturated rings. The van der Waals surface area contributed by atoms with Crippen LogP contribution in [0.5, 0.6) is 0 Å². The van der Waals surface area contributed by atoms with Crippen molar-refractivity contribution < 1.29 is 4.74 Å². The Morgan fingerprint density at radius 3 is 1.29 bits per heavy atom. The first-order chi connectivity index (χ1) is 11.4. The van der Waals surface area contributed by atoms with Gasteiger partial charge in [-0.2, -0.15) is 0 Å². The Morgan fingerprint density at radius 2 is 1.00 bits per heavy atom. The van der Waals surface area contributed by atoms with Gasteiger partial charge in [0.05, 0.1) is 11.5 Å². The Morgan fingerprint density at radius 1 is 0.667 bits per heavy atom. The average Bonchev–Trinajstić information content (AvgIpc) is 2.65. The zero-order valence-corrected chi connectivity index (χ0v) is 15.5. The van der Waals surface area contributed by atoms with Crippen LogP contribution in [0, 0.1) is 0 Å². The van der Waals surface area contributed by atoms with E-state index in [1.165, 1.54) is 16.7 Å². The first kappa shape index (κ1) is 18.7. The van der Waals surface area contributed by atoms with E-state index < -0.39 is 0 Å². The van der Waals surface area contributed by atoms with Gasteiger partial charge in [-0.1, -0.05) is 99.6 Å². The summed E-state index contributed by atoms with van der Waals surface area (Å²) < 4.78 is 5.47. The molecule has 0 spiro atoms. The van der Waals surface area contributed by atoms with E-state index in [2.05, 4.69) is 91.0 Å². The molecular formula is C21H22ClOP. The molecular weight excluding hydrogens is 335 g/mol. The molecule has 3 aromatic rings. The highest BCUT2D eigenvalue weighted by atomic mass is 35.5. The minimum atomic E-state index is -0.167. The third-order valence-corrected chi connectivity index (χ3v) is 5.93. The fourth-order valence-electron chi connectivity index (χ4n) is 3.05. The van der Waals surface area contributed by atoms with Crippen LogP contribution in [0.25, 0.3) is 0 Å². The maximum absolute atomic E-state index is 5.47. The summed E-state index contributed by atoms with van der Waals surface area (Å²) in [5.74, 6) is 0. The van der Waals surface area contributed by atoms with Gasteiger partial charge in [-0.25, -0.2) is 0 Å². The van der Waals surface area contributed by atoms with Crippen LogP contribution in [0.3, 0.4) is 0 Å². The lowest BCUT2D eigenvalue weighted by Gasteiger charge is -2.36. The average molecular weight is 357 g/mol. The molecule has 0 aliphatic heterocycles. The van der Waals surface area contributed by atoms with Gasteiger partial charge in [0.15, 0.2) is 0 Å². The van der Waals surface area contributed by atoms with Gasteiger partial charge in [-0.15, -0.1) is 12.4 Å². The number of benzene rings is 3. The van der Waals surface area contributed by atoms with Crippen LogP contribution in [0.4, 0.5) is 0 Å². The Balaban J connectivity index is 0.00000208. The van der Waals surface area contributed by atoms with Crippen LogP contribution in [0.2, 0.25) is 0 Å². The molecule has 1 unspecified atom stereocenters. The van der Waals surface area contributed by atoms with E-state index >= 15 is 0 Å². The number of rotatable bonds is 6. The van der Waals surface area contributed by atoms with E-state index in [4.69, 9.17) is 4.74 Å². The molecule has 0 amide bonds. The van der Waals surface area contributed by atoms with Crippen LogP contribution in [0.1, 0.15) is 16.7 Å².